The van der Waals surface area contributed by atoms with E-state index in [9.17, 15) is 9.59 Å². The van der Waals surface area contributed by atoms with Gasteiger partial charge in [-0.15, -0.1) is 0 Å². The molecule has 0 saturated heterocycles. The number of rotatable bonds is 16. The first kappa shape index (κ1) is 33.9. The van der Waals surface area contributed by atoms with Gasteiger partial charge in [0.1, 0.15) is 11.5 Å². The highest BCUT2D eigenvalue weighted by Gasteiger charge is 2.17. The number of amides is 2. The van der Waals surface area contributed by atoms with E-state index >= 15 is 0 Å². The molecule has 0 radical (unpaired) electrons. The SMILES string of the molecule is COc1cc(NC(C)CCCNC(=O)c2ccncc2C(=O)NCCCC(C)Nc2cc(OC)cc3cccnc23)c2ncccc2c1. The highest BCUT2D eigenvalue weighted by atomic mass is 16.5. The summed E-state index contributed by atoms with van der Waals surface area (Å²) < 4.78 is 10.9. The van der Waals surface area contributed by atoms with Crippen LogP contribution >= 0.6 is 0 Å². The first-order valence-electron chi connectivity index (χ1n) is 16.2. The molecule has 3 aromatic heterocycles. The molecule has 2 unspecified atom stereocenters. The van der Waals surface area contributed by atoms with E-state index in [1.165, 1.54) is 12.4 Å². The predicted octanol–water partition coefficient (Wildman–Crippen LogP) is 6.22. The van der Waals surface area contributed by atoms with Crippen LogP contribution in [0.15, 0.2) is 79.4 Å². The lowest BCUT2D eigenvalue weighted by atomic mass is 10.1. The average Bonchev–Trinajstić information content (AvgIpc) is 3.11. The Morgan fingerprint density at radius 3 is 1.69 bits per heavy atom. The van der Waals surface area contributed by atoms with E-state index in [0.29, 0.717) is 18.7 Å². The van der Waals surface area contributed by atoms with E-state index < -0.39 is 0 Å². The van der Waals surface area contributed by atoms with Crippen LogP contribution in [0, 0.1) is 0 Å². The Hall–Kier alpha value is -5.45. The molecule has 0 bridgehead atoms. The van der Waals surface area contributed by atoms with Gasteiger partial charge in [0, 0.05) is 72.9 Å². The molecule has 2 atom stereocenters. The van der Waals surface area contributed by atoms with Gasteiger partial charge in [0.05, 0.1) is 47.8 Å². The van der Waals surface area contributed by atoms with Crippen molar-refractivity contribution in [2.24, 2.45) is 0 Å². The summed E-state index contributed by atoms with van der Waals surface area (Å²) in [4.78, 5) is 39.3. The predicted molar refractivity (Wildman–Crippen MR) is 190 cm³/mol. The summed E-state index contributed by atoms with van der Waals surface area (Å²) in [5.74, 6) is 0.894. The van der Waals surface area contributed by atoms with Gasteiger partial charge in [-0.1, -0.05) is 12.1 Å². The molecule has 11 heteroatoms. The molecule has 0 saturated carbocycles. The standard InChI is InChI=1S/C37H43N7O4/c1-24(43-32-21-28(47-3)19-26-11-7-14-39-34(26)32)9-5-16-41-36(45)30-13-18-38-23-31(30)37(46)42-17-6-10-25(2)44-33-22-29(48-4)20-27-12-8-15-40-35(27)33/h7-8,11-15,18-25,43-44H,5-6,9-10,16-17H2,1-4H3,(H,41,45)(H,42,46). The number of nitrogens with zero attached hydrogens (tertiary/aromatic N) is 3. The molecule has 5 rings (SSSR count). The third kappa shape index (κ3) is 8.67. The van der Waals surface area contributed by atoms with Crippen LogP contribution in [0.1, 0.15) is 60.2 Å². The minimum Gasteiger partial charge on any atom is -0.497 e. The molecule has 2 amide bonds. The molecule has 3 heterocycles. The van der Waals surface area contributed by atoms with Crippen molar-refractivity contribution < 1.29 is 19.1 Å². The maximum atomic E-state index is 13.1. The van der Waals surface area contributed by atoms with Crippen molar-refractivity contribution in [2.45, 2.75) is 51.6 Å². The van der Waals surface area contributed by atoms with Crippen LogP contribution < -0.4 is 30.7 Å². The normalized spacial score (nSPS) is 12.2. The molecule has 5 aromatic rings. The zero-order chi connectivity index (χ0) is 33.9. The molecule has 0 spiro atoms. The van der Waals surface area contributed by atoms with Crippen LogP contribution in [0.2, 0.25) is 0 Å². The van der Waals surface area contributed by atoms with Gasteiger partial charge in [0.15, 0.2) is 0 Å². The summed E-state index contributed by atoms with van der Waals surface area (Å²) in [6.07, 6.45) is 9.62. The van der Waals surface area contributed by atoms with Crippen molar-refractivity contribution in [1.29, 1.82) is 0 Å². The largest absolute Gasteiger partial charge is 0.497 e. The van der Waals surface area contributed by atoms with Gasteiger partial charge in [-0.05, 0) is 69.9 Å². The number of ether oxygens (including phenoxy) is 2. The van der Waals surface area contributed by atoms with Gasteiger partial charge in [0.25, 0.3) is 11.8 Å². The topological polar surface area (TPSA) is 139 Å². The van der Waals surface area contributed by atoms with E-state index in [1.54, 1.807) is 32.7 Å². The summed E-state index contributed by atoms with van der Waals surface area (Å²) in [6.45, 7) is 5.11. The maximum absolute atomic E-state index is 13.1. The fraction of sp³-hybridized carbons (Fsp3) is 0.324. The number of carbonyl (C=O) groups is 2. The van der Waals surface area contributed by atoms with Gasteiger partial charge in [-0.25, -0.2) is 0 Å². The van der Waals surface area contributed by atoms with Gasteiger partial charge < -0.3 is 30.7 Å². The Kier molecular flexibility index (Phi) is 11.6. The first-order valence-corrected chi connectivity index (χ1v) is 16.2. The molecule has 2 aromatic carbocycles. The number of methoxy groups -OCH3 is 2. The molecular weight excluding hydrogens is 606 g/mol. The molecule has 4 N–H and O–H groups in total. The third-order valence-corrected chi connectivity index (χ3v) is 8.14. The smallest absolute Gasteiger partial charge is 0.253 e. The van der Waals surface area contributed by atoms with E-state index in [-0.39, 0.29) is 29.5 Å². The zero-order valence-electron chi connectivity index (χ0n) is 27.9. The van der Waals surface area contributed by atoms with Crippen LogP contribution in [0.3, 0.4) is 0 Å². The van der Waals surface area contributed by atoms with Crippen LogP contribution in [0.25, 0.3) is 21.8 Å². The van der Waals surface area contributed by atoms with Crippen LogP contribution in [-0.2, 0) is 0 Å². The number of carbonyl (C=O) groups excluding carboxylic acids is 2. The third-order valence-electron chi connectivity index (χ3n) is 8.14. The molecule has 0 aliphatic heterocycles. The minimum atomic E-state index is -0.325. The lowest BCUT2D eigenvalue weighted by Crippen LogP contribution is -2.31. The lowest BCUT2D eigenvalue weighted by Gasteiger charge is -2.18. The van der Waals surface area contributed by atoms with Crippen molar-refractivity contribution in [1.82, 2.24) is 25.6 Å². The van der Waals surface area contributed by atoms with Crippen LogP contribution in [0.5, 0.6) is 11.5 Å². The summed E-state index contributed by atoms with van der Waals surface area (Å²) in [5.41, 5.74) is 4.13. The Bertz CT molecular complexity index is 1730. The number of nitrogens with one attached hydrogen (secondary N) is 4. The summed E-state index contributed by atoms with van der Waals surface area (Å²) >= 11 is 0. The monoisotopic (exact) mass is 649 g/mol. The van der Waals surface area contributed by atoms with Crippen LogP contribution in [-0.4, -0.2) is 66.2 Å². The van der Waals surface area contributed by atoms with Crippen molar-refractivity contribution in [3.63, 3.8) is 0 Å². The maximum Gasteiger partial charge on any atom is 0.253 e. The highest BCUT2D eigenvalue weighted by Crippen LogP contribution is 2.29. The molecule has 0 aliphatic carbocycles. The summed E-state index contributed by atoms with van der Waals surface area (Å²) in [7, 11) is 3.30. The molecule has 11 nitrogen and oxygen atoms in total. The van der Waals surface area contributed by atoms with Crippen molar-refractivity contribution in [3.8, 4) is 11.5 Å². The highest BCUT2D eigenvalue weighted by molar-refractivity contribution is 6.07. The summed E-state index contributed by atoms with van der Waals surface area (Å²) in [6, 6.07) is 17.5. The lowest BCUT2D eigenvalue weighted by molar-refractivity contribution is 0.0918. The number of benzene rings is 2. The quantitative estimate of drug-likeness (QED) is 0.0918. The second-order valence-electron chi connectivity index (χ2n) is 11.8. The van der Waals surface area contributed by atoms with E-state index in [2.05, 4.69) is 50.1 Å². The Morgan fingerprint density at radius 2 is 1.19 bits per heavy atom. The van der Waals surface area contributed by atoms with Crippen LogP contribution in [0.4, 0.5) is 11.4 Å². The second kappa shape index (κ2) is 16.4. The Balaban J connectivity index is 1.07. The van der Waals surface area contributed by atoms with Crippen molar-refractivity contribution in [3.05, 3.63) is 90.5 Å². The van der Waals surface area contributed by atoms with Gasteiger partial charge in [-0.3, -0.25) is 24.5 Å². The molecule has 0 aliphatic rings. The van der Waals surface area contributed by atoms with Crippen molar-refractivity contribution in [2.75, 3.05) is 37.9 Å². The van der Waals surface area contributed by atoms with Crippen molar-refractivity contribution >= 4 is 45.0 Å². The average molecular weight is 650 g/mol. The van der Waals surface area contributed by atoms with Gasteiger partial charge in [0.2, 0.25) is 0 Å². The Labute approximate surface area is 280 Å². The Morgan fingerprint density at radius 1 is 0.688 bits per heavy atom. The fourth-order valence-corrected chi connectivity index (χ4v) is 5.64. The number of aromatic nitrogens is 3. The fourth-order valence-electron chi connectivity index (χ4n) is 5.64. The number of anilines is 2. The van der Waals surface area contributed by atoms with Gasteiger partial charge >= 0.3 is 0 Å². The van der Waals surface area contributed by atoms with Gasteiger partial charge in [-0.2, -0.15) is 0 Å². The minimum absolute atomic E-state index is 0.128. The first-order chi connectivity index (χ1) is 23.4. The molecular formula is C37H43N7O4. The molecule has 250 valence electrons. The zero-order valence-corrected chi connectivity index (χ0v) is 27.9. The van der Waals surface area contributed by atoms with E-state index in [4.69, 9.17) is 9.47 Å². The van der Waals surface area contributed by atoms with E-state index in [1.807, 2.05) is 48.5 Å². The molecule has 0 fully saturated rings. The molecule has 48 heavy (non-hydrogen) atoms. The van der Waals surface area contributed by atoms with E-state index in [0.717, 1.165) is 70.4 Å². The summed E-state index contributed by atoms with van der Waals surface area (Å²) in [5, 5.41) is 15.0. The number of hydrogen-bond donors (Lipinski definition) is 4. The number of hydrogen-bond acceptors (Lipinski definition) is 9. The number of pyridine rings is 3. The number of fused-ring (bicyclic) bond motifs is 2. The second-order valence-corrected chi connectivity index (χ2v) is 11.8.